The van der Waals surface area contributed by atoms with Crippen LogP contribution in [0, 0.1) is 11.8 Å². The van der Waals surface area contributed by atoms with Crippen LogP contribution in [0.15, 0.2) is 188 Å². The lowest BCUT2D eigenvalue weighted by Crippen LogP contribution is -2.30. The number of allylic oxidation sites excluding steroid dienone is 8. The molecule has 3 heterocycles. The molecular formula is C60H48N4. The minimum Gasteiger partial charge on any atom is -0.333 e. The summed E-state index contributed by atoms with van der Waals surface area (Å²) in [5, 5.41) is 6.55. The highest BCUT2D eigenvalue weighted by Gasteiger charge is 2.23. The second-order valence-electron chi connectivity index (χ2n) is 17.8. The molecule has 9 aromatic rings. The first kappa shape index (κ1) is 38.1. The number of hydrogen-bond donors (Lipinski definition) is 0. The molecule has 308 valence electrons. The van der Waals surface area contributed by atoms with E-state index in [1.807, 2.05) is 12.1 Å². The van der Waals surface area contributed by atoms with Crippen LogP contribution in [0.4, 0.5) is 0 Å². The molecule has 0 N–H and O–H groups in total. The summed E-state index contributed by atoms with van der Waals surface area (Å²) in [6, 6.07) is 55.2. The summed E-state index contributed by atoms with van der Waals surface area (Å²) in [4.78, 5) is 10.3. The van der Waals surface area contributed by atoms with Gasteiger partial charge in [-0.1, -0.05) is 166 Å². The first-order chi connectivity index (χ1) is 31.5. The standard InChI is InChI=1S/C60H48N4/c1-39-32-47(43-21-15-22-46(34-43)60-61-53(41-17-5-3-6-18-41)38-54(62-60)42-19-7-4-8-20-42)35-48(33-39)63-56-26-13-10-23-49(56)51-36-44(28-30-58(51)63)45-29-31-59-52(37-45)50-24-11-14-27-57(50)64(59)55-25-12-9-16-40(55)2/h3-9,11-12,14-31,33-40,55H,10,13,32H2,1-2H3. The van der Waals surface area contributed by atoms with E-state index in [2.05, 4.69) is 211 Å². The van der Waals surface area contributed by atoms with Gasteiger partial charge in [0.15, 0.2) is 5.82 Å². The van der Waals surface area contributed by atoms with E-state index in [4.69, 9.17) is 9.97 Å². The summed E-state index contributed by atoms with van der Waals surface area (Å²) in [5.74, 6) is 1.50. The number of hydrogen-bond acceptors (Lipinski definition) is 2. The van der Waals surface area contributed by atoms with Gasteiger partial charge in [0.05, 0.1) is 22.9 Å². The van der Waals surface area contributed by atoms with Gasteiger partial charge in [0.2, 0.25) is 0 Å². The van der Waals surface area contributed by atoms with Gasteiger partial charge in [0, 0.05) is 60.1 Å². The fourth-order valence-electron chi connectivity index (χ4n) is 10.5. The Hall–Kier alpha value is -7.56. The quantitative estimate of drug-likeness (QED) is 0.160. The van der Waals surface area contributed by atoms with Gasteiger partial charge < -0.3 is 9.13 Å². The van der Waals surface area contributed by atoms with E-state index in [0.717, 1.165) is 53.2 Å². The van der Waals surface area contributed by atoms with Gasteiger partial charge in [-0.3, -0.25) is 0 Å². The molecule has 0 saturated carbocycles. The van der Waals surface area contributed by atoms with Crippen LogP contribution in [0.2, 0.25) is 0 Å². The zero-order valence-electron chi connectivity index (χ0n) is 36.2. The summed E-state index contributed by atoms with van der Waals surface area (Å²) in [5.41, 5.74) is 15.1. The van der Waals surface area contributed by atoms with Crippen LogP contribution in [-0.2, 0) is 0 Å². The van der Waals surface area contributed by atoms with E-state index in [1.54, 1.807) is 0 Å². The van der Waals surface area contributed by atoms with Crippen molar-refractivity contribution in [2.45, 2.75) is 39.2 Å². The number of benzene rings is 6. The minimum absolute atomic E-state index is 0.280. The van der Waals surface area contributed by atoms with Crippen molar-refractivity contribution in [1.29, 1.82) is 0 Å². The van der Waals surface area contributed by atoms with E-state index < -0.39 is 0 Å². The normalized spacial score (nSPS) is 18.1. The highest BCUT2D eigenvalue weighted by molar-refractivity contribution is 6.10. The largest absolute Gasteiger partial charge is 0.333 e. The molecular weight excluding hydrogens is 777 g/mol. The third-order valence-corrected chi connectivity index (χ3v) is 13.5. The van der Waals surface area contributed by atoms with Gasteiger partial charge in [0.25, 0.3) is 0 Å². The van der Waals surface area contributed by atoms with E-state index >= 15 is 0 Å². The predicted molar refractivity (Wildman–Crippen MR) is 269 cm³/mol. The number of aromatic nitrogens is 4. The fourth-order valence-corrected chi connectivity index (χ4v) is 10.5. The van der Waals surface area contributed by atoms with Gasteiger partial charge in [-0.2, -0.15) is 0 Å². The lowest BCUT2D eigenvalue weighted by atomic mass is 9.89. The molecule has 3 atom stereocenters. The molecule has 12 rings (SSSR count). The lowest BCUT2D eigenvalue weighted by molar-refractivity contribution is 0.510. The van der Waals surface area contributed by atoms with Crippen molar-refractivity contribution >= 4 is 56.1 Å². The van der Waals surface area contributed by atoms with Gasteiger partial charge in [0.1, 0.15) is 0 Å². The Labute approximate surface area is 373 Å². The van der Waals surface area contributed by atoms with Crippen molar-refractivity contribution in [1.82, 2.24) is 19.1 Å². The maximum Gasteiger partial charge on any atom is 0.160 e. The molecule has 0 bridgehead atoms. The lowest BCUT2D eigenvalue weighted by Gasteiger charge is -2.24. The first-order valence-corrected chi connectivity index (χ1v) is 22.8. The Bertz CT molecular complexity index is 3500. The maximum atomic E-state index is 5.16. The molecule has 4 heteroatoms. The third kappa shape index (κ3) is 6.60. The summed E-state index contributed by atoms with van der Waals surface area (Å²) >= 11 is 0. The Morgan fingerprint density at radius 3 is 1.92 bits per heavy atom. The number of nitrogens with zero attached hydrogens (tertiary/aromatic N) is 4. The van der Waals surface area contributed by atoms with Gasteiger partial charge in [-0.15, -0.1) is 0 Å². The van der Waals surface area contributed by atoms with Crippen LogP contribution >= 0.6 is 0 Å². The highest BCUT2D eigenvalue weighted by atomic mass is 15.0. The molecule has 64 heavy (non-hydrogen) atoms. The Morgan fingerprint density at radius 1 is 0.516 bits per heavy atom. The second-order valence-corrected chi connectivity index (χ2v) is 17.8. The molecule has 0 spiro atoms. The Kier molecular flexibility index (Phi) is 9.33. The SMILES string of the molecule is CC1C=C(n2c3c(c4cc(-c5ccc6c(c5)c5ccccc5n6C5C=CC=CC5C)ccc42)=CCCC=3)C=C(c2cccc(-c3nc(-c4ccccc4)cc(-c4ccccc4)n3)c2)C1. The molecule has 3 aromatic heterocycles. The number of fused-ring (bicyclic) bond motifs is 6. The first-order valence-electron chi connectivity index (χ1n) is 22.8. The molecule has 3 aliphatic rings. The van der Waals surface area contributed by atoms with Crippen LogP contribution in [0.3, 0.4) is 0 Å². The molecule has 0 fully saturated rings. The van der Waals surface area contributed by atoms with Crippen molar-refractivity contribution in [3.63, 3.8) is 0 Å². The average Bonchev–Trinajstić information content (AvgIpc) is 3.86. The fraction of sp³-hybridized carbons (Fsp3) is 0.133. The molecule has 3 aliphatic carbocycles. The minimum atomic E-state index is 0.280. The van der Waals surface area contributed by atoms with Gasteiger partial charge in [-0.25, -0.2) is 9.97 Å². The van der Waals surface area contributed by atoms with Crippen LogP contribution in [0.1, 0.15) is 44.7 Å². The van der Waals surface area contributed by atoms with E-state index in [9.17, 15) is 0 Å². The monoisotopic (exact) mass is 824 g/mol. The number of rotatable bonds is 7. The zero-order valence-corrected chi connectivity index (χ0v) is 36.2. The zero-order chi connectivity index (χ0) is 42.7. The van der Waals surface area contributed by atoms with Gasteiger partial charge >= 0.3 is 0 Å². The number of para-hydroxylation sites is 1. The topological polar surface area (TPSA) is 35.6 Å². The molecule has 0 saturated heterocycles. The Balaban J connectivity index is 0.937. The van der Waals surface area contributed by atoms with E-state index in [-0.39, 0.29) is 6.04 Å². The van der Waals surface area contributed by atoms with E-state index in [1.165, 1.54) is 71.2 Å². The third-order valence-electron chi connectivity index (χ3n) is 13.5. The van der Waals surface area contributed by atoms with Crippen molar-refractivity contribution in [2.24, 2.45) is 11.8 Å². The Morgan fingerprint density at radius 2 is 1.16 bits per heavy atom. The van der Waals surface area contributed by atoms with Crippen molar-refractivity contribution in [2.75, 3.05) is 0 Å². The molecule has 0 radical (unpaired) electrons. The van der Waals surface area contributed by atoms with Crippen molar-refractivity contribution < 1.29 is 0 Å². The van der Waals surface area contributed by atoms with Crippen LogP contribution in [0.5, 0.6) is 0 Å². The summed E-state index contributed by atoms with van der Waals surface area (Å²) in [6.45, 7) is 4.66. The van der Waals surface area contributed by atoms with Crippen molar-refractivity contribution in [3.8, 4) is 45.0 Å². The van der Waals surface area contributed by atoms with Crippen molar-refractivity contribution in [3.05, 3.63) is 204 Å². The average molecular weight is 825 g/mol. The molecule has 0 aliphatic heterocycles. The summed E-state index contributed by atoms with van der Waals surface area (Å²) in [7, 11) is 0. The maximum absolute atomic E-state index is 5.16. The highest BCUT2D eigenvalue weighted by Crippen LogP contribution is 2.40. The van der Waals surface area contributed by atoms with Crippen LogP contribution in [0.25, 0.3) is 101 Å². The summed E-state index contributed by atoms with van der Waals surface area (Å²) < 4.78 is 5.06. The smallest absolute Gasteiger partial charge is 0.160 e. The van der Waals surface area contributed by atoms with E-state index in [0.29, 0.717) is 11.8 Å². The molecule has 4 nitrogen and oxygen atoms in total. The molecule has 6 aromatic carbocycles. The second kappa shape index (κ2) is 15.7. The van der Waals surface area contributed by atoms with Crippen LogP contribution in [-0.4, -0.2) is 19.1 Å². The predicted octanol–water partition coefficient (Wildman–Crippen LogP) is 13.8. The van der Waals surface area contributed by atoms with Crippen LogP contribution < -0.4 is 10.6 Å². The van der Waals surface area contributed by atoms with Gasteiger partial charge in [-0.05, 0) is 102 Å². The molecule has 3 unspecified atom stereocenters. The molecule has 0 amide bonds. The summed E-state index contributed by atoms with van der Waals surface area (Å²) in [6.07, 6.45) is 21.9.